The van der Waals surface area contributed by atoms with Crippen molar-refractivity contribution in [3.63, 3.8) is 0 Å². The van der Waals surface area contributed by atoms with Gasteiger partial charge >= 0.3 is 5.97 Å². The van der Waals surface area contributed by atoms with Crippen molar-refractivity contribution in [2.24, 2.45) is 5.10 Å². The van der Waals surface area contributed by atoms with E-state index in [1.807, 2.05) is 19.1 Å². The maximum absolute atomic E-state index is 12.5. The Balaban J connectivity index is 1.69. The van der Waals surface area contributed by atoms with Crippen LogP contribution in [-0.2, 0) is 4.79 Å². The third kappa shape index (κ3) is 12.2. The lowest BCUT2D eigenvalue weighted by molar-refractivity contribution is -0.121. The molecule has 35 heavy (non-hydrogen) atoms. The van der Waals surface area contributed by atoms with Crippen LogP contribution in [-0.4, -0.2) is 18.1 Å². The normalized spacial score (nSPS) is 11.1. The van der Waals surface area contributed by atoms with E-state index in [1.54, 1.807) is 30.3 Å². The van der Waals surface area contributed by atoms with Gasteiger partial charge in [-0.3, -0.25) is 4.79 Å². The van der Waals surface area contributed by atoms with E-state index < -0.39 is 5.97 Å². The van der Waals surface area contributed by atoms with Gasteiger partial charge in [-0.05, 0) is 43.7 Å². The molecule has 2 aromatic rings. The highest BCUT2D eigenvalue weighted by molar-refractivity contribution is 9.10. The van der Waals surface area contributed by atoms with Gasteiger partial charge < -0.3 is 4.74 Å². The zero-order valence-electron chi connectivity index (χ0n) is 21.2. The molecule has 0 aliphatic carbocycles. The summed E-state index contributed by atoms with van der Waals surface area (Å²) in [6.07, 6.45) is 15.7. The summed E-state index contributed by atoms with van der Waals surface area (Å²) in [6.45, 7) is 4.21. The molecule has 0 saturated heterocycles. The number of hydrogen-bond donors (Lipinski definition) is 1. The summed E-state index contributed by atoms with van der Waals surface area (Å²) in [4.78, 5) is 24.6. The molecule has 2 rings (SSSR count). The van der Waals surface area contributed by atoms with E-state index >= 15 is 0 Å². The summed E-state index contributed by atoms with van der Waals surface area (Å²) < 4.78 is 6.39. The van der Waals surface area contributed by atoms with Crippen molar-refractivity contribution in [3.05, 3.63) is 63.6 Å². The fraction of sp³-hybridized carbons (Fsp3) is 0.483. The first-order chi connectivity index (χ1) is 17.0. The van der Waals surface area contributed by atoms with E-state index in [2.05, 4.69) is 33.4 Å². The Morgan fingerprint density at radius 1 is 0.886 bits per heavy atom. The van der Waals surface area contributed by atoms with E-state index in [-0.39, 0.29) is 5.91 Å². The molecule has 0 aliphatic heterocycles. The molecule has 1 amide bonds. The van der Waals surface area contributed by atoms with Crippen LogP contribution >= 0.6 is 15.9 Å². The molecule has 0 heterocycles. The molecule has 0 bridgehead atoms. The number of carbonyl (C=O) groups is 2. The van der Waals surface area contributed by atoms with Crippen LogP contribution < -0.4 is 10.2 Å². The van der Waals surface area contributed by atoms with Gasteiger partial charge in [0.2, 0.25) is 5.91 Å². The number of benzene rings is 2. The van der Waals surface area contributed by atoms with Gasteiger partial charge in [-0.2, -0.15) is 5.10 Å². The Morgan fingerprint density at radius 3 is 2.11 bits per heavy atom. The van der Waals surface area contributed by atoms with E-state index in [9.17, 15) is 9.59 Å². The van der Waals surface area contributed by atoms with Crippen molar-refractivity contribution in [2.45, 2.75) is 90.9 Å². The lowest BCUT2D eigenvalue weighted by Crippen LogP contribution is -2.17. The lowest BCUT2D eigenvalue weighted by atomic mass is 10.1. The molecule has 0 radical (unpaired) electrons. The summed E-state index contributed by atoms with van der Waals surface area (Å²) in [5.41, 5.74) is 4.72. The third-order valence-corrected chi connectivity index (χ3v) is 6.36. The Hall–Kier alpha value is -2.47. The van der Waals surface area contributed by atoms with Gasteiger partial charge in [-0.15, -0.1) is 0 Å². The highest BCUT2D eigenvalue weighted by atomic mass is 79.9. The van der Waals surface area contributed by atoms with Crippen molar-refractivity contribution in [1.29, 1.82) is 0 Å². The highest BCUT2D eigenvalue weighted by Crippen LogP contribution is 2.23. The largest absolute Gasteiger partial charge is 0.422 e. The maximum atomic E-state index is 12.5. The number of carbonyl (C=O) groups excluding carboxylic acids is 2. The van der Waals surface area contributed by atoms with Crippen LogP contribution in [0, 0.1) is 6.92 Å². The molecule has 0 spiro atoms. The average molecular weight is 544 g/mol. The summed E-state index contributed by atoms with van der Waals surface area (Å²) in [7, 11) is 0. The molecule has 0 saturated carbocycles. The Labute approximate surface area is 218 Å². The number of halogens is 1. The van der Waals surface area contributed by atoms with Gasteiger partial charge in [0.05, 0.1) is 11.8 Å². The molecule has 2 aromatic carbocycles. The Kier molecular flexibility index (Phi) is 14.0. The first kappa shape index (κ1) is 28.8. The number of nitrogens with one attached hydrogen (secondary N) is 1. The number of hydrogen-bond acceptors (Lipinski definition) is 4. The molecule has 6 heteroatoms. The number of ether oxygens (including phenoxy) is 1. The zero-order chi connectivity index (χ0) is 25.3. The van der Waals surface area contributed by atoms with Gasteiger partial charge in [0, 0.05) is 16.5 Å². The number of esters is 1. The number of aryl methyl sites for hydroxylation is 1. The van der Waals surface area contributed by atoms with Crippen LogP contribution in [0.4, 0.5) is 0 Å². The Morgan fingerprint density at radius 2 is 1.49 bits per heavy atom. The maximum Gasteiger partial charge on any atom is 0.343 e. The molecular formula is C29H39BrN2O3. The van der Waals surface area contributed by atoms with Gasteiger partial charge in [0.15, 0.2) is 0 Å². The van der Waals surface area contributed by atoms with E-state index in [0.717, 1.165) is 22.9 Å². The van der Waals surface area contributed by atoms with Crippen LogP contribution in [0.1, 0.15) is 105 Å². The minimum Gasteiger partial charge on any atom is -0.422 e. The van der Waals surface area contributed by atoms with Crippen molar-refractivity contribution >= 4 is 34.0 Å². The van der Waals surface area contributed by atoms with Crippen LogP contribution in [0.5, 0.6) is 5.75 Å². The number of nitrogens with zero attached hydrogens (tertiary/aromatic N) is 1. The first-order valence-electron chi connectivity index (χ1n) is 12.9. The van der Waals surface area contributed by atoms with Gasteiger partial charge in [-0.1, -0.05) is 105 Å². The molecule has 0 aliphatic rings. The fourth-order valence-corrected chi connectivity index (χ4v) is 4.12. The van der Waals surface area contributed by atoms with Crippen molar-refractivity contribution in [3.8, 4) is 5.75 Å². The molecule has 0 aromatic heterocycles. The van der Waals surface area contributed by atoms with Crippen LogP contribution in [0.3, 0.4) is 0 Å². The number of amides is 1. The van der Waals surface area contributed by atoms with E-state index in [4.69, 9.17) is 4.74 Å². The molecular weight excluding hydrogens is 504 g/mol. The predicted molar refractivity (Wildman–Crippen MR) is 147 cm³/mol. The van der Waals surface area contributed by atoms with E-state index in [1.165, 1.54) is 64.0 Å². The smallest absolute Gasteiger partial charge is 0.343 e. The molecule has 0 fully saturated rings. The zero-order valence-corrected chi connectivity index (χ0v) is 22.7. The monoisotopic (exact) mass is 542 g/mol. The second-order valence-electron chi connectivity index (χ2n) is 9.02. The first-order valence-corrected chi connectivity index (χ1v) is 13.7. The molecule has 5 nitrogen and oxygen atoms in total. The predicted octanol–water partition coefficient (Wildman–Crippen LogP) is 8.13. The third-order valence-electron chi connectivity index (χ3n) is 5.86. The summed E-state index contributed by atoms with van der Waals surface area (Å²) in [5.74, 6) is -0.171. The number of hydrazone groups is 1. The molecule has 0 unspecified atom stereocenters. The quantitative estimate of drug-likeness (QED) is 0.0764. The van der Waals surface area contributed by atoms with Crippen LogP contribution in [0.15, 0.2) is 52.0 Å². The van der Waals surface area contributed by atoms with Crippen molar-refractivity contribution in [1.82, 2.24) is 5.43 Å². The summed E-state index contributed by atoms with van der Waals surface area (Å²) >= 11 is 3.43. The van der Waals surface area contributed by atoms with Gasteiger partial charge in [0.1, 0.15) is 5.75 Å². The fourth-order valence-electron chi connectivity index (χ4n) is 3.74. The second kappa shape index (κ2) is 17.0. The minimum absolute atomic E-state index is 0.106. The second-order valence-corrected chi connectivity index (χ2v) is 9.93. The number of rotatable bonds is 16. The number of unbranched alkanes of at least 4 members (excludes halogenated alkanes) is 10. The standard InChI is InChI=1S/C29H39BrN2O3/c1-3-4-5-6-7-8-9-10-11-12-13-14-28(33)32-31-22-25-21-26(30)19-20-27(25)35-29(34)24-17-15-23(2)16-18-24/h15-22H,3-14H2,1-2H3,(H,32,33)/b31-22-. The molecule has 190 valence electrons. The van der Waals surface area contributed by atoms with Crippen molar-refractivity contribution < 1.29 is 14.3 Å². The van der Waals surface area contributed by atoms with E-state index in [0.29, 0.717) is 23.3 Å². The SMILES string of the molecule is CCCCCCCCCCCCCC(=O)N/N=C\c1cc(Br)ccc1OC(=O)c1ccc(C)cc1. The molecule has 0 atom stereocenters. The lowest BCUT2D eigenvalue weighted by Gasteiger charge is -2.08. The summed E-state index contributed by atoms with van der Waals surface area (Å²) in [6, 6.07) is 12.5. The Bertz CT molecular complexity index is 941. The highest BCUT2D eigenvalue weighted by Gasteiger charge is 2.11. The van der Waals surface area contributed by atoms with Gasteiger partial charge in [0.25, 0.3) is 0 Å². The van der Waals surface area contributed by atoms with Crippen molar-refractivity contribution in [2.75, 3.05) is 0 Å². The average Bonchev–Trinajstić information content (AvgIpc) is 2.84. The van der Waals surface area contributed by atoms with Crippen LogP contribution in [0.2, 0.25) is 0 Å². The van der Waals surface area contributed by atoms with Crippen LogP contribution in [0.25, 0.3) is 0 Å². The minimum atomic E-state index is -0.442. The topological polar surface area (TPSA) is 67.8 Å². The molecule has 1 N–H and O–H groups in total. The van der Waals surface area contributed by atoms with Gasteiger partial charge in [-0.25, -0.2) is 10.2 Å². The summed E-state index contributed by atoms with van der Waals surface area (Å²) in [5, 5.41) is 4.07.